The van der Waals surface area contributed by atoms with Gasteiger partial charge in [0.2, 0.25) is 0 Å². The second kappa shape index (κ2) is 6.30. The number of piperidine rings is 1. The fraction of sp³-hybridized carbons (Fsp3) is 0.500. The molecule has 1 aliphatic rings. The second-order valence-corrected chi connectivity index (χ2v) is 5.62. The summed E-state index contributed by atoms with van der Waals surface area (Å²) in [6.07, 6.45) is 2.42. The molecule has 0 bridgehead atoms. The molecule has 1 unspecified atom stereocenters. The van der Waals surface area contributed by atoms with E-state index < -0.39 is 0 Å². The smallest absolute Gasteiger partial charge is 0.135 e. The van der Waals surface area contributed by atoms with Crippen LogP contribution in [0.5, 0.6) is 0 Å². The molecular formula is C14H20FN3S. The molecule has 1 heterocycles. The van der Waals surface area contributed by atoms with Gasteiger partial charge >= 0.3 is 0 Å². The lowest BCUT2D eigenvalue weighted by molar-refractivity contribution is 0.217. The van der Waals surface area contributed by atoms with E-state index in [0.717, 1.165) is 19.6 Å². The third-order valence-electron chi connectivity index (χ3n) is 3.56. The van der Waals surface area contributed by atoms with Gasteiger partial charge < -0.3 is 16.0 Å². The SMILES string of the molecule is CN1CCCC(CNc2cccc(F)c2C(N)=S)C1. The highest BCUT2D eigenvalue weighted by molar-refractivity contribution is 7.80. The van der Waals surface area contributed by atoms with Crippen LogP contribution >= 0.6 is 12.2 Å². The van der Waals surface area contributed by atoms with E-state index in [9.17, 15) is 4.39 Å². The normalized spacial score (nSPS) is 20.2. The van der Waals surface area contributed by atoms with Crippen molar-refractivity contribution in [1.82, 2.24) is 4.90 Å². The fourth-order valence-corrected chi connectivity index (χ4v) is 2.82. The van der Waals surface area contributed by atoms with Crippen molar-refractivity contribution in [2.75, 3.05) is 32.0 Å². The third-order valence-corrected chi connectivity index (χ3v) is 3.77. The maximum absolute atomic E-state index is 13.7. The van der Waals surface area contributed by atoms with Gasteiger partial charge in [-0.25, -0.2) is 4.39 Å². The number of thiocarbonyl (C=S) groups is 1. The van der Waals surface area contributed by atoms with Crippen molar-refractivity contribution in [2.24, 2.45) is 11.7 Å². The Bertz CT molecular complexity index is 464. The lowest BCUT2D eigenvalue weighted by atomic mass is 9.98. The predicted molar refractivity (Wildman–Crippen MR) is 81.0 cm³/mol. The number of anilines is 1. The van der Waals surface area contributed by atoms with Gasteiger partial charge in [-0.05, 0) is 44.5 Å². The standard InChI is InChI=1S/C14H20FN3S/c1-18-7-3-4-10(9-18)8-17-12-6-2-5-11(15)13(12)14(16)19/h2,5-6,10,17H,3-4,7-9H2,1H3,(H2,16,19). The molecule has 1 aliphatic heterocycles. The lowest BCUT2D eigenvalue weighted by Crippen LogP contribution is -2.35. The third kappa shape index (κ3) is 3.64. The minimum absolute atomic E-state index is 0.0985. The van der Waals surface area contributed by atoms with E-state index in [0.29, 0.717) is 17.2 Å². The summed E-state index contributed by atoms with van der Waals surface area (Å²) in [7, 11) is 2.13. The summed E-state index contributed by atoms with van der Waals surface area (Å²) < 4.78 is 13.7. The van der Waals surface area contributed by atoms with Gasteiger partial charge in [0, 0.05) is 18.8 Å². The molecule has 0 amide bonds. The number of benzene rings is 1. The highest BCUT2D eigenvalue weighted by Gasteiger charge is 2.18. The average Bonchev–Trinajstić information content (AvgIpc) is 2.36. The van der Waals surface area contributed by atoms with Gasteiger partial charge in [0.15, 0.2) is 0 Å². The first-order valence-corrected chi connectivity index (χ1v) is 6.99. The van der Waals surface area contributed by atoms with Crippen LogP contribution in [0.2, 0.25) is 0 Å². The van der Waals surface area contributed by atoms with Crippen LogP contribution in [-0.2, 0) is 0 Å². The van der Waals surface area contributed by atoms with E-state index in [1.165, 1.54) is 18.9 Å². The van der Waals surface area contributed by atoms with Crippen LogP contribution in [0.25, 0.3) is 0 Å². The largest absolute Gasteiger partial charge is 0.389 e. The van der Waals surface area contributed by atoms with E-state index in [-0.39, 0.29) is 10.8 Å². The van der Waals surface area contributed by atoms with Gasteiger partial charge in [0.05, 0.1) is 5.56 Å². The highest BCUT2D eigenvalue weighted by atomic mass is 32.1. The van der Waals surface area contributed by atoms with E-state index in [2.05, 4.69) is 17.3 Å². The first kappa shape index (κ1) is 14.2. The predicted octanol–water partition coefficient (Wildman–Crippen LogP) is 2.21. The Morgan fingerprint density at radius 1 is 1.58 bits per heavy atom. The molecule has 1 aromatic rings. The summed E-state index contributed by atoms with van der Waals surface area (Å²) >= 11 is 4.92. The molecule has 1 aromatic carbocycles. The summed E-state index contributed by atoms with van der Waals surface area (Å²) in [4.78, 5) is 2.43. The Kier molecular flexibility index (Phi) is 4.71. The number of likely N-dealkylation sites (tertiary alicyclic amines) is 1. The Balaban J connectivity index is 2.03. The van der Waals surface area contributed by atoms with Crippen LogP contribution in [0.1, 0.15) is 18.4 Å². The number of hydrogen-bond acceptors (Lipinski definition) is 3. The lowest BCUT2D eigenvalue weighted by Gasteiger charge is -2.30. The Labute approximate surface area is 119 Å². The molecule has 1 saturated heterocycles. The summed E-state index contributed by atoms with van der Waals surface area (Å²) in [5.74, 6) is 0.222. The zero-order valence-electron chi connectivity index (χ0n) is 11.2. The maximum atomic E-state index is 13.7. The van der Waals surface area contributed by atoms with Crippen molar-refractivity contribution in [3.63, 3.8) is 0 Å². The van der Waals surface area contributed by atoms with E-state index in [1.54, 1.807) is 6.07 Å². The average molecular weight is 281 g/mol. The van der Waals surface area contributed by atoms with Crippen LogP contribution in [-0.4, -0.2) is 36.6 Å². The van der Waals surface area contributed by atoms with Gasteiger partial charge in [-0.2, -0.15) is 0 Å². The Morgan fingerprint density at radius 2 is 2.37 bits per heavy atom. The molecule has 2 rings (SSSR count). The number of nitrogens with zero attached hydrogens (tertiary/aromatic N) is 1. The topological polar surface area (TPSA) is 41.3 Å². The molecule has 3 nitrogen and oxygen atoms in total. The van der Waals surface area contributed by atoms with Gasteiger partial charge in [0.25, 0.3) is 0 Å². The van der Waals surface area contributed by atoms with E-state index >= 15 is 0 Å². The molecule has 19 heavy (non-hydrogen) atoms. The van der Waals surface area contributed by atoms with Crippen molar-refractivity contribution in [1.29, 1.82) is 0 Å². The summed E-state index contributed by atoms with van der Waals surface area (Å²) in [6, 6.07) is 4.88. The monoisotopic (exact) mass is 281 g/mol. The van der Waals surface area contributed by atoms with Crippen molar-refractivity contribution < 1.29 is 4.39 Å². The first-order valence-electron chi connectivity index (χ1n) is 6.58. The van der Waals surface area contributed by atoms with Gasteiger partial charge in [0.1, 0.15) is 10.8 Å². The van der Waals surface area contributed by atoms with Crippen molar-refractivity contribution in [2.45, 2.75) is 12.8 Å². The number of rotatable bonds is 4. The highest BCUT2D eigenvalue weighted by Crippen LogP contribution is 2.21. The molecule has 0 spiro atoms. The number of nitrogens with one attached hydrogen (secondary N) is 1. The zero-order valence-corrected chi connectivity index (χ0v) is 12.0. The molecule has 0 aliphatic carbocycles. The molecule has 0 saturated carbocycles. The summed E-state index contributed by atoms with van der Waals surface area (Å²) in [6.45, 7) is 3.06. The van der Waals surface area contributed by atoms with Crippen LogP contribution in [0.15, 0.2) is 18.2 Å². The van der Waals surface area contributed by atoms with Crippen molar-refractivity contribution in [3.05, 3.63) is 29.6 Å². The van der Waals surface area contributed by atoms with Crippen LogP contribution < -0.4 is 11.1 Å². The number of nitrogens with two attached hydrogens (primary N) is 1. The summed E-state index contributed by atoms with van der Waals surface area (Å²) in [5.41, 5.74) is 6.61. The van der Waals surface area contributed by atoms with Crippen LogP contribution in [0.4, 0.5) is 10.1 Å². The van der Waals surface area contributed by atoms with Gasteiger partial charge in [-0.1, -0.05) is 18.3 Å². The second-order valence-electron chi connectivity index (χ2n) is 5.18. The maximum Gasteiger partial charge on any atom is 0.135 e. The molecule has 1 fully saturated rings. The van der Waals surface area contributed by atoms with Crippen molar-refractivity contribution >= 4 is 22.9 Å². The van der Waals surface area contributed by atoms with Crippen LogP contribution in [0.3, 0.4) is 0 Å². The molecule has 3 N–H and O–H groups in total. The minimum atomic E-state index is -0.363. The molecule has 0 aromatic heterocycles. The quantitative estimate of drug-likeness (QED) is 0.830. The molecule has 104 valence electrons. The van der Waals surface area contributed by atoms with Crippen LogP contribution in [0, 0.1) is 11.7 Å². The summed E-state index contributed by atoms with van der Waals surface area (Å²) in [5, 5.41) is 3.29. The molecular weight excluding hydrogens is 261 g/mol. The fourth-order valence-electron chi connectivity index (χ4n) is 2.62. The zero-order chi connectivity index (χ0) is 13.8. The van der Waals surface area contributed by atoms with E-state index in [4.69, 9.17) is 18.0 Å². The first-order chi connectivity index (χ1) is 9.08. The van der Waals surface area contributed by atoms with Crippen molar-refractivity contribution in [3.8, 4) is 0 Å². The Hall–Kier alpha value is -1.20. The minimum Gasteiger partial charge on any atom is -0.389 e. The Morgan fingerprint density at radius 3 is 3.05 bits per heavy atom. The van der Waals surface area contributed by atoms with Gasteiger partial charge in [-0.15, -0.1) is 0 Å². The number of hydrogen-bond donors (Lipinski definition) is 2. The van der Waals surface area contributed by atoms with E-state index in [1.807, 2.05) is 6.07 Å². The molecule has 0 radical (unpaired) electrons. The molecule has 5 heteroatoms. The number of halogens is 1. The van der Waals surface area contributed by atoms with Gasteiger partial charge in [-0.3, -0.25) is 0 Å². The molecule has 1 atom stereocenters.